The number of nitrogens with one attached hydrogen (secondary N) is 1. The summed E-state index contributed by atoms with van der Waals surface area (Å²) >= 11 is 0. The molecule has 2 heterocycles. The Morgan fingerprint density at radius 3 is 2.69 bits per heavy atom. The Morgan fingerprint density at radius 1 is 1.44 bits per heavy atom. The highest BCUT2D eigenvalue weighted by Crippen LogP contribution is 2.24. The molecule has 1 N–H and O–H groups in total. The van der Waals surface area contributed by atoms with Gasteiger partial charge < -0.3 is 10.2 Å². The van der Waals surface area contributed by atoms with E-state index < -0.39 is 0 Å². The lowest BCUT2D eigenvalue weighted by atomic mass is 10.0. The summed E-state index contributed by atoms with van der Waals surface area (Å²) in [5.41, 5.74) is 0. The zero-order chi connectivity index (χ0) is 10.8. The fraction of sp³-hybridized carbons (Fsp3) is 0.917. The summed E-state index contributed by atoms with van der Waals surface area (Å²) in [6.07, 6.45) is 3.10. The van der Waals surface area contributed by atoms with Gasteiger partial charge in [0.1, 0.15) is 0 Å². The van der Waals surface area contributed by atoms with E-state index in [1.54, 1.807) is 0 Å². The minimum atomic E-state index is 0. The Morgan fingerprint density at radius 2 is 2.19 bits per heavy atom. The van der Waals surface area contributed by atoms with Crippen molar-refractivity contribution in [1.82, 2.24) is 10.2 Å². The third-order valence-electron chi connectivity index (χ3n) is 3.73. The maximum absolute atomic E-state index is 12.1. The van der Waals surface area contributed by atoms with Crippen LogP contribution in [0.5, 0.6) is 0 Å². The zero-order valence-electron chi connectivity index (χ0n) is 10.2. The van der Waals surface area contributed by atoms with Crippen LogP contribution in [0.25, 0.3) is 0 Å². The molecule has 0 radical (unpaired) electrons. The molecule has 3 unspecified atom stereocenters. The minimum absolute atomic E-state index is 0. The molecule has 3 nitrogen and oxygen atoms in total. The minimum Gasteiger partial charge on any atom is -0.340 e. The van der Waals surface area contributed by atoms with Crippen LogP contribution in [0.4, 0.5) is 0 Å². The lowest BCUT2D eigenvalue weighted by Crippen LogP contribution is -2.35. The second kappa shape index (κ2) is 5.87. The van der Waals surface area contributed by atoms with Crippen LogP contribution < -0.4 is 5.32 Å². The fourth-order valence-corrected chi connectivity index (χ4v) is 2.90. The zero-order valence-corrected chi connectivity index (χ0v) is 11.1. The summed E-state index contributed by atoms with van der Waals surface area (Å²) in [7, 11) is 0. The van der Waals surface area contributed by atoms with Crippen molar-refractivity contribution in [2.24, 2.45) is 11.8 Å². The van der Waals surface area contributed by atoms with Crippen LogP contribution >= 0.6 is 12.4 Å². The molecular formula is C12H23ClN2O. The van der Waals surface area contributed by atoms with Crippen LogP contribution in [-0.2, 0) is 4.79 Å². The van der Waals surface area contributed by atoms with Crippen molar-refractivity contribution in [3.63, 3.8) is 0 Å². The van der Waals surface area contributed by atoms with E-state index in [0.717, 1.165) is 26.1 Å². The average Bonchev–Trinajstić information content (AvgIpc) is 2.75. The summed E-state index contributed by atoms with van der Waals surface area (Å²) in [4.78, 5) is 14.1. The van der Waals surface area contributed by atoms with E-state index in [2.05, 4.69) is 24.1 Å². The van der Waals surface area contributed by atoms with Crippen molar-refractivity contribution in [3.05, 3.63) is 0 Å². The molecule has 3 atom stereocenters. The molecule has 1 amide bonds. The van der Waals surface area contributed by atoms with Crippen molar-refractivity contribution in [2.75, 3.05) is 19.6 Å². The molecule has 0 aromatic carbocycles. The number of hydrogen-bond acceptors (Lipinski definition) is 2. The molecule has 0 aromatic rings. The molecule has 2 fully saturated rings. The molecule has 2 aliphatic heterocycles. The van der Waals surface area contributed by atoms with E-state index in [1.165, 1.54) is 12.8 Å². The number of hydrogen-bond donors (Lipinski definition) is 1. The lowest BCUT2D eigenvalue weighted by Gasteiger charge is -2.23. The van der Waals surface area contributed by atoms with Gasteiger partial charge in [0, 0.05) is 19.0 Å². The first-order valence-corrected chi connectivity index (χ1v) is 6.17. The van der Waals surface area contributed by atoms with Crippen LogP contribution in [0, 0.1) is 11.8 Å². The van der Waals surface area contributed by atoms with E-state index in [-0.39, 0.29) is 12.4 Å². The number of amides is 1. The van der Waals surface area contributed by atoms with E-state index in [9.17, 15) is 4.79 Å². The summed E-state index contributed by atoms with van der Waals surface area (Å²) in [6, 6.07) is 0.460. The number of likely N-dealkylation sites (tertiary alicyclic amines) is 1. The first kappa shape index (κ1) is 13.8. The summed E-state index contributed by atoms with van der Waals surface area (Å²) in [6.45, 7) is 7.50. The average molecular weight is 247 g/mol. The third-order valence-corrected chi connectivity index (χ3v) is 3.73. The Hall–Kier alpha value is -0.280. The highest BCUT2D eigenvalue weighted by molar-refractivity contribution is 5.85. The number of rotatable bonds is 2. The van der Waals surface area contributed by atoms with Crippen LogP contribution in [0.15, 0.2) is 0 Å². The number of nitrogens with zero attached hydrogens (tertiary/aromatic N) is 1. The molecule has 94 valence electrons. The summed E-state index contributed by atoms with van der Waals surface area (Å²) < 4.78 is 0. The van der Waals surface area contributed by atoms with Crippen molar-refractivity contribution in [3.8, 4) is 0 Å². The number of carbonyl (C=O) groups is 1. The Bertz CT molecular complexity index is 241. The van der Waals surface area contributed by atoms with Gasteiger partial charge in [-0.3, -0.25) is 4.79 Å². The molecule has 0 aromatic heterocycles. The van der Waals surface area contributed by atoms with Gasteiger partial charge >= 0.3 is 0 Å². The first-order valence-electron chi connectivity index (χ1n) is 6.17. The predicted octanol–water partition coefficient (Wildman–Crippen LogP) is 1.66. The van der Waals surface area contributed by atoms with Gasteiger partial charge in [-0.05, 0) is 44.7 Å². The standard InChI is InChI=1S/C12H22N2O.ClH/c1-9-5-10(2)14(8-9)12(15)6-11-3-4-13-7-11;/h9-11,13H,3-8H2,1-2H3;1H. The molecule has 2 rings (SSSR count). The van der Waals surface area contributed by atoms with Crippen LogP contribution in [0.3, 0.4) is 0 Å². The van der Waals surface area contributed by atoms with Crippen molar-refractivity contribution in [1.29, 1.82) is 0 Å². The van der Waals surface area contributed by atoms with E-state index in [4.69, 9.17) is 0 Å². The number of halogens is 1. The Labute approximate surface area is 104 Å². The Kier molecular flexibility index (Phi) is 5.06. The Balaban J connectivity index is 0.00000128. The first-order chi connectivity index (χ1) is 7.16. The molecular weight excluding hydrogens is 224 g/mol. The number of carbonyl (C=O) groups excluding carboxylic acids is 1. The normalized spacial score (nSPS) is 33.9. The third kappa shape index (κ3) is 3.11. The molecule has 0 spiro atoms. The van der Waals surface area contributed by atoms with Gasteiger partial charge in [-0.1, -0.05) is 6.92 Å². The molecule has 0 aliphatic carbocycles. The van der Waals surface area contributed by atoms with Gasteiger partial charge in [-0.15, -0.1) is 12.4 Å². The maximum atomic E-state index is 12.1. The summed E-state index contributed by atoms with van der Waals surface area (Å²) in [5, 5.41) is 3.32. The topological polar surface area (TPSA) is 32.3 Å². The van der Waals surface area contributed by atoms with Gasteiger partial charge in [0.25, 0.3) is 0 Å². The van der Waals surface area contributed by atoms with Gasteiger partial charge in [0.05, 0.1) is 0 Å². The van der Waals surface area contributed by atoms with Crippen LogP contribution in [0.1, 0.15) is 33.1 Å². The van der Waals surface area contributed by atoms with Gasteiger partial charge in [-0.2, -0.15) is 0 Å². The summed E-state index contributed by atoms with van der Waals surface area (Å²) in [5.74, 6) is 1.65. The fourth-order valence-electron chi connectivity index (χ4n) is 2.90. The van der Waals surface area contributed by atoms with Crippen molar-refractivity contribution >= 4 is 18.3 Å². The monoisotopic (exact) mass is 246 g/mol. The molecule has 2 saturated heterocycles. The second-order valence-electron chi connectivity index (χ2n) is 5.30. The molecule has 2 aliphatic rings. The smallest absolute Gasteiger partial charge is 0.223 e. The van der Waals surface area contributed by atoms with Crippen LogP contribution in [-0.4, -0.2) is 36.5 Å². The second-order valence-corrected chi connectivity index (χ2v) is 5.30. The van der Waals surface area contributed by atoms with Crippen molar-refractivity contribution in [2.45, 2.75) is 39.2 Å². The SMILES string of the molecule is CC1CC(C)N(C(=O)CC2CCNC2)C1.Cl. The maximum Gasteiger partial charge on any atom is 0.223 e. The van der Waals surface area contributed by atoms with E-state index in [1.807, 2.05) is 0 Å². The van der Waals surface area contributed by atoms with Gasteiger partial charge in [0.2, 0.25) is 5.91 Å². The van der Waals surface area contributed by atoms with Crippen LogP contribution in [0.2, 0.25) is 0 Å². The molecule has 0 saturated carbocycles. The highest BCUT2D eigenvalue weighted by Gasteiger charge is 2.31. The molecule has 16 heavy (non-hydrogen) atoms. The van der Waals surface area contributed by atoms with E-state index >= 15 is 0 Å². The van der Waals surface area contributed by atoms with E-state index in [0.29, 0.717) is 23.8 Å². The van der Waals surface area contributed by atoms with Gasteiger partial charge in [-0.25, -0.2) is 0 Å². The highest BCUT2D eigenvalue weighted by atomic mass is 35.5. The van der Waals surface area contributed by atoms with Gasteiger partial charge in [0.15, 0.2) is 0 Å². The molecule has 0 bridgehead atoms. The predicted molar refractivity (Wildman–Crippen MR) is 67.8 cm³/mol. The molecule has 4 heteroatoms. The van der Waals surface area contributed by atoms with Crippen molar-refractivity contribution < 1.29 is 4.79 Å². The largest absolute Gasteiger partial charge is 0.340 e. The lowest BCUT2D eigenvalue weighted by molar-refractivity contribution is -0.132. The quantitative estimate of drug-likeness (QED) is 0.804.